The van der Waals surface area contributed by atoms with Crippen LogP contribution in [0.5, 0.6) is 11.5 Å². The van der Waals surface area contributed by atoms with Crippen LogP contribution in [0.2, 0.25) is 0 Å². The molecule has 0 atom stereocenters. The van der Waals surface area contributed by atoms with Gasteiger partial charge in [0, 0.05) is 29.5 Å². The zero-order valence-electron chi connectivity index (χ0n) is 19.1. The van der Waals surface area contributed by atoms with Gasteiger partial charge in [-0.2, -0.15) is 0 Å². The second-order valence-electron chi connectivity index (χ2n) is 7.83. The van der Waals surface area contributed by atoms with Crippen molar-refractivity contribution in [2.24, 2.45) is 0 Å². The molecule has 0 aliphatic rings. The number of Topliss-reactive ketones (excluding diaryl/α,β-unsaturated/α-hetero) is 2. The van der Waals surface area contributed by atoms with Gasteiger partial charge in [-0.1, -0.05) is 36.4 Å². The van der Waals surface area contributed by atoms with E-state index in [0.717, 1.165) is 5.56 Å². The van der Waals surface area contributed by atoms with E-state index in [1.165, 1.54) is 62.8 Å². The highest BCUT2D eigenvalue weighted by atomic mass is 19.1. The van der Waals surface area contributed by atoms with Gasteiger partial charge in [0.2, 0.25) is 0 Å². The standard InChI is InChI=1S/C28H26F2O4/c1-4-7-24-23(12-13-27(33-2)28(24)34-3)20(16-25(31)18-8-5-10-21(29)14-18)17-26(32)19-9-6-11-22(30)15-19/h4-6,8-15,20H,1,7,16-17H2,2-3H3. The van der Waals surface area contributed by atoms with Gasteiger partial charge in [0.1, 0.15) is 11.6 Å². The Hall–Kier alpha value is -3.80. The minimum Gasteiger partial charge on any atom is -0.493 e. The third-order valence-corrected chi connectivity index (χ3v) is 5.63. The molecule has 176 valence electrons. The van der Waals surface area contributed by atoms with E-state index in [0.29, 0.717) is 23.5 Å². The third-order valence-electron chi connectivity index (χ3n) is 5.63. The molecule has 0 unspecified atom stereocenters. The van der Waals surface area contributed by atoms with Gasteiger partial charge in [-0.25, -0.2) is 8.78 Å². The zero-order valence-corrected chi connectivity index (χ0v) is 19.1. The Morgan fingerprint density at radius 3 is 1.88 bits per heavy atom. The fourth-order valence-electron chi connectivity index (χ4n) is 4.04. The summed E-state index contributed by atoms with van der Waals surface area (Å²) in [5.41, 5.74) is 1.89. The minimum absolute atomic E-state index is 0.0515. The molecule has 0 radical (unpaired) electrons. The van der Waals surface area contributed by atoms with Crippen LogP contribution < -0.4 is 9.47 Å². The lowest BCUT2D eigenvalue weighted by atomic mass is 9.83. The van der Waals surface area contributed by atoms with E-state index in [1.807, 2.05) is 0 Å². The van der Waals surface area contributed by atoms with E-state index in [9.17, 15) is 18.4 Å². The molecule has 0 aliphatic carbocycles. The highest BCUT2D eigenvalue weighted by Gasteiger charge is 2.26. The van der Waals surface area contributed by atoms with E-state index in [2.05, 4.69) is 6.58 Å². The molecular formula is C28H26F2O4. The Balaban J connectivity index is 2.06. The topological polar surface area (TPSA) is 52.6 Å². The van der Waals surface area contributed by atoms with Crippen LogP contribution >= 0.6 is 0 Å². The third kappa shape index (κ3) is 5.76. The predicted molar refractivity (Wildman–Crippen MR) is 127 cm³/mol. The van der Waals surface area contributed by atoms with Crippen LogP contribution in [-0.4, -0.2) is 25.8 Å². The highest BCUT2D eigenvalue weighted by Crippen LogP contribution is 2.40. The van der Waals surface area contributed by atoms with Crippen LogP contribution in [0.25, 0.3) is 0 Å². The van der Waals surface area contributed by atoms with Crippen molar-refractivity contribution in [1.82, 2.24) is 0 Å². The lowest BCUT2D eigenvalue weighted by Gasteiger charge is -2.23. The fraction of sp³-hybridized carbons (Fsp3) is 0.214. The van der Waals surface area contributed by atoms with Gasteiger partial charge in [-0.15, -0.1) is 6.58 Å². The average molecular weight is 465 g/mol. The predicted octanol–water partition coefficient (Wildman–Crippen LogP) is 6.34. The first-order valence-electron chi connectivity index (χ1n) is 10.8. The second kappa shape index (κ2) is 11.4. The summed E-state index contributed by atoms with van der Waals surface area (Å²) in [6.07, 6.45) is 2.00. The van der Waals surface area contributed by atoms with E-state index >= 15 is 0 Å². The summed E-state index contributed by atoms with van der Waals surface area (Å²) in [6, 6.07) is 14.4. The maximum atomic E-state index is 13.7. The number of carbonyl (C=O) groups is 2. The number of ether oxygens (including phenoxy) is 2. The van der Waals surface area contributed by atoms with Crippen molar-refractivity contribution in [2.45, 2.75) is 25.2 Å². The van der Waals surface area contributed by atoms with Gasteiger partial charge in [0.25, 0.3) is 0 Å². The Morgan fingerprint density at radius 1 is 0.882 bits per heavy atom. The molecule has 0 aromatic heterocycles. The van der Waals surface area contributed by atoms with Crippen LogP contribution in [0.15, 0.2) is 73.3 Å². The van der Waals surface area contributed by atoms with Crippen LogP contribution in [0.1, 0.15) is 50.6 Å². The summed E-state index contributed by atoms with van der Waals surface area (Å²) in [5.74, 6) is -1.22. The van der Waals surface area contributed by atoms with E-state index in [1.54, 1.807) is 18.2 Å². The molecule has 0 amide bonds. The van der Waals surface area contributed by atoms with Crippen molar-refractivity contribution < 1.29 is 27.8 Å². The van der Waals surface area contributed by atoms with Crippen molar-refractivity contribution in [2.75, 3.05) is 14.2 Å². The largest absolute Gasteiger partial charge is 0.493 e. The van der Waals surface area contributed by atoms with E-state index < -0.39 is 17.6 Å². The SMILES string of the molecule is C=CCc1c(C(CC(=O)c2cccc(F)c2)CC(=O)c2cccc(F)c2)ccc(OC)c1OC. The van der Waals surface area contributed by atoms with Crippen LogP contribution in [-0.2, 0) is 6.42 Å². The first-order chi connectivity index (χ1) is 16.4. The zero-order chi connectivity index (χ0) is 24.7. The Morgan fingerprint density at radius 2 is 1.44 bits per heavy atom. The van der Waals surface area contributed by atoms with Crippen molar-refractivity contribution in [3.8, 4) is 11.5 Å². The second-order valence-corrected chi connectivity index (χ2v) is 7.83. The first-order valence-corrected chi connectivity index (χ1v) is 10.8. The quantitative estimate of drug-likeness (QED) is 0.245. The molecular weight excluding hydrogens is 438 g/mol. The van der Waals surface area contributed by atoms with Gasteiger partial charge >= 0.3 is 0 Å². The maximum absolute atomic E-state index is 13.7. The van der Waals surface area contributed by atoms with Crippen LogP contribution in [0, 0.1) is 11.6 Å². The fourth-order valence-corrected chi connectivity index (χ4v) is 4.04. The number of carbonyl (C=O) groups excluding carboxylic acids is 2. The van der Waals surface area contributed by atoms with Gasteiger partial charge in [-0.3, -0.25) is 9.59 Å². The molecule has 0 bridgehead atoms. The summed E-state index contributed by atoms with van der Waals surface area (Å²) in [7, 11) is 3.03. The number of allylic oxidation sites excluding steroid dienone is 1. The van der Waals surface area contributed by atoms with E-state index in [-0.39, 0.29) is 35.5 Å². The molecule has 34 heavy (non-hydrogen) atoms. The number of hydrogen-bond acceptors (Lipinski definition) is 4. The molecule has 0 aliphatic heterocycles. The monoisotopic (exact) mass is 464 g/mol. The molecule has 0 saturated heterocycles. The minimum atomic E-state index is -0.568. The summed E-state index contributed by atoms with van der Waals surface area (Å²) in [5, 5.41) is 0. The number of methoxy groups -OCH3 is 2. The lowest BCUT2D eigenvalue weighted by Crippen LogP contribution is -2.15. The normalized spacial score (nSPS) is 10.7. The van der Waals surface area contributed by atoms with Crippen molar-refractivity contribution >= 4 is 11.6 Å². The summed E-state index contributed by atoms with van der Waals surface area (Å²) in [6.45, 7) is 3.81. The number of hydrogen-bond donors (Lipinski definition) is 0. The van der Waals surface area contributed by atoms with Crippen LogP contribution in [0.3, 0.4) is 0 Å². The maximum Gasteiger partial charge on any atom is 0.164 e. The Bertz CT molecular complexity index is 1140. The molecule has 0 saturated carbocycles. The molecule has 3 aromatic carbocycles. The molecule has 6 heteroatoms. The highest BCUT2D eigenvalue weighted by molar-refractivity contribution is 5.99. The number of ketones is 2. The molecule has 0 heterocycles. The smallest absolute Gasteiger partial charge is 0.164 e. The lowest BCUT2D eigenvalue weighted by molar-refractivity contribution is 0.0943. The summed E-state index contributed by atoms with van der Waals surface area (Å²) in [4.78, 5) is 26.2. The number of benzene rings is 3. The van der Waals surface area contributed by atoms with E-state index in [4.69, 9.17) is 9.47 Å². The molecule has 3 aromatic rings. The first kappa shape index (κ1) is 24.8. The van der Waals surface area contributed by atoms with Gasteiger partial charge in [-0.05, 0) is 48.2 Å². The number of halogens is 2. The van der Waals surface area contributed by atoms with Crippen molar-refractivity contribution in [1.29, 1.82) is 0 Å². The molecule has 4 nitrogen and oxygen atoms in total. The van der Waals surface area contributed by atoms with Crippen molar-refractivity contribution in [3.05, 3.63) is 107 Å². The molecule has 0 spiro atoms. The average Bonchev–Trinajstić information content (AvgIpc) is 2.83. The Kier molecular flexibility index (Phi) is 8.30. The van der Waals surface area contributed by atoms with Crippen LogP contribution in [0.4, 0.5) is 8.78 Å². The van der Waals surface area contributed by atoms with Gasteiger partial charge in [0.05, 0.1) is 14.2 Å². The molecule has 3 rings (SSSR count). The van der Waals surface area contributed by atoms with Gasteiger partial charge < -0.3 is 9.47 Å². The summed E-state index contributed by atoms with van der Waals surface area (Å²) >= 11 is 0. The summed E-state index contributed by atoms with van der Waals surface area (Å²) < 4.78 is 38.4. The Labute approximate surface area is 197 Å². The van der Waals surface area contributed by atoms with Gasteiger partial charge in [0.15, 0.2) is 23.1 Å². The molecule has 0 fully saturated rings. The molecule has 0 N–H and O–H groups in total. The van der Waals surface area contributed by atoms with Crippen molar-refractivity contribution in [3.63, 3.8) is 0 Å². The number of rotatable bonds is 11.